The molecule has 3 heterocycles. The number of primary amides is 1. The molecular weight excluding hydrogens is 590 g/mol. The molecule has 4 amide bonds. The van der Waals surface area contributed by atoms with E-state index in [0.29, 0.717) is 25.7 Å². The van der Waals surface area contributed by atoms with Gasteiger partial charge in [0.2, 0.25) is 11.8 Å². The number of carbonyl (C=O) groups excluding carboxylic acids is 4. The molecule has 218 valence electrons. The summed E-state index contributed by atoms with van der Waals surface area (Å²) in [5.41, 5.74) is 6.12. The van der Waals surface area contributed by atoms with Crippen LogP contribution in [0.15, 0.2) is 48.5 Å². The highest BCUT2D eigenvalue weighted by Crippen LogP contribution is 2.34. The Morgan fingerprint density at radius 2 is 1.86 bits per heavy atom. The van der Waals surface area contributed by atoms with Gasteiger partial charge in [0.1, 0.15) is 18.8 Å². The number of alkyl halides is 1. The quantitative estimate of drug-likeness (QED) is 0.326. The van der Waals surface area contributed by atoms with Gasteiger partial charge >= 0.3 is 0 Å². The molecule has 1 aliphatic heterocycles. The molecule has 10 nitrogen and oxygen atoms in total. The Labute approximate surface area is 247 Å². The van der Waals surface area contributed by atoms with Crippen LogP contribution in [0.25, 0.3) is 21.3 Å². The molecule has 5 rings (SSSR count). The zero-order chi connectivity index (χ0) is 30.3. The first-order valence-corrected chi connectivity index (χ1v) is 13.9. The molecule has 2 aromatic heterocycles. The summed E-state index contributed by atoms with van der Waals surface area (Å²) >= 11 is 7.23. The minimum atomic E-state index is -1.49. The zero-order valence-corrected chi connectivity index (χ0v) is 24.0. The van der Waals surface area contributed by atoms with Crippen LogP contribution in [0.4, 0.5) is 14.5 Å². The third-order valence-corrected chi connectivity index (χ3v) is 8.30. The maximum absolute atomic E-state index is 15.4. The fourth-order valence-corrected chi connectivity index (χ4v) is 6.24. The summed E-state index contributed by atoms with van der Waals surface area (Å²) in [6.07, 6.45) is -1.78. The number of halogens is 3. The number of carbonyl (C=O) groups is 4. The molecule has 1 fully saturated rings. The van der Waals surface area contributed by atoms with Crippen LogP contribution >= 0.6 is 22.9 Å². The Morgan fingerprint density at radius 3 is 2.55 bits per heavy atom. The van der Waals surface area contributed by atoms with E-state index >= 15 is 4.39 Å². The maximum atomic E-state index is 15.4. The first kappa shape index (κ1) is 29.1. The molecule has 3 N–H and O–H groups in total. The molecule has 1 saturated heterocycles. The molecule has 42 heavy (non-hydrogen) atoms. The highest BCUT2D eigenvalue weighted by atomic mass is 35.5. The van der Waals surface area contributed by atoms with Crippen molar-refractivity contribution in [1.29, 1.82) is 0 Å². The van der Waals surface area contributed by atoms with Crippen molar-refractivity contribution in [2.75, 3.05) is 26.0 Å². The van der Waals surface area contributed by atoms with Crippen LogP contribution in [0.5, 0.6) is 0 Å². The number of likely N-dealkylation sites (tertiary alicyclic amines) is 1. The van der Waals surface area contributed by atoms with E-state index in [2.05, 4.69) is 10.4 Å². The summed E-state index contributed by atoms with van der Waals surface area (Å²) in [6.45, 7) is -0.816. The normalized spacial score (nSPS) is 16.5. The lowest BCUT2D eigenvalue weighted by Gasteiger charge is -2.24. The highest BCUT2D eigenvalue weighted by Gasteiger charge is 2.40. The third-order valence-electron chi connectivity index (χ3n) is 6.86. The van der Waals surface area contributed by atoms with Crippen LogP contribution in [-0.2, 0) is 16.1 Å². The molecule has 0 radical (unpaired) electrons. The van der Waals surface area contributed by atoms with E-state index in [0.717, 1.165) is 16.2 Å². The minimum absolute atomic E-state index is 0.117. The van der Waals surface area contributed by atoms with Crippen molar-refractivity contribution in [2.24, 2.45) is 5.73 Å². The summed E-state index contributed by atoms with van der Waals surface area (Å²) in [4.78, 5) is 53.9. The van der Waals surface area contributed by atoms with Gasteiger partial charge in [-0.05, 0) is 18.2 Å². The molecular formula is C28H25ClF2N6O4S. The number of nitrogens with two attached hydrogens (primary N) is 1. The number of benzene rings is 2. The van der Waals surface area contributed by atoms with Crippen molar-refractivity contribution in [1.82, 2.24) is 19.6 Å². The predicted octanol–water partition coefficient (Wildman–Crippen LogP) is 3.94. The molecule has 4 aromatic rings. The van der Waals surface area contributed by atoms with E-state index in [4.69, 9.17) is 17.3 Å². The second-order valence-corrected chi connectivity index (χ2v) is 11.4. The number of thiophene rings is 1. The third kappa shape index (κ3) is 5.44. The first-order chi connectivity index (χ1) is 20.0. The first-order valence-electron chi connectivity index (χ1n) is 12.8. The average Bonchev–Trinajstić information content (AvgIpc) is 3.64. The molecule has 0 unspecified atom stereocenters. The Bertz CT molecular complexity index is 1740. The second-order valence-electron chi connectivity index (χ2n) is 9.93. The summed E-state index contributed by atoms with van der Waals surface area (Å²) in [6, 6.07) is 11.3. The molecule has 2 aromatic carbocycles. The topological polar surface area (TPSA) is 131 Å². The van der Waals surface area contributed by atoms with Gasteiger partial charge in [0.25, 0.3) is 11.8 Å². The molecule has 1 aliphatic rings. The van der Waals surface area contributed by atoms with Crippen LogP contribution in [0.3, 0.4) is 0 Å². The summed E-state index contributed by atoms with van der Waals surface area (Å²) in [5.74, 6) is -3.32. The van der Waals surface area contributed by atoms with E-state index in [9.17, 15) is 23.6 Å². The fourth-order valence-electron chi connectivity index (χ4n) is 4.83. The van der Waals surface area contributed by atoms with Crippen molar-refractivity contribution in [3.8, 4) is 11.1 Å². The Balaban J connectivity index is 1.39. The minimum Gasteiger partial charge on any atom is -0.364 e. The van der Waals surface area contributed by atoms with Crippen LogP contribution < -0.4 is 11.1 Å². The molecule has 0 aliphatic carbocycles. The summed E-state index contributed by atoms with van der Waals surface area (Å²) in [7, 11) is 3.14. The number of amides is 4. The van der Waals surface area contributed by atoms with E-state index in [-0.39, 0.29) is 35.8 Å². The predicted molar refractivity (Wildman–Crippen MR) is 155 cm³/mol. The van der Waals surface area contributed by atoms with Crippen LogP contribution in [-0.4, -0.2) is 76.1 Å². The summed E-state index contributed by atoms with van der Waals surface area (Å²) in [5, 5.41) is 6.95. The van der Waals surface area contributed by atoms with Crippen molar-refractivity contribution < 1.29 is 28.0 Å². The molecule has 0 bridgehead atoms. The Hall–Kier alpha value is -4.36. The largest absolute Gasteiger partial charge is 0.364 e. The van der Waals surface area contributed by atoms with Gasteiger partial charge in [-0.2, -0.15) is 5.10 Å². The molecule has 14 heteroatoms. The number of rotatable bonds is 7. The van der Waals surface area contributed by atoms with Crippen LogP contribution in [0.1, 0.15) is 26.6 Å². The van der Waals surface area contributed by atoms with Gasteiger partial charge in [-0.25, -0.2) is 8.78 Å². The second kappa shape index (κ2) is 11.5. The van der Waals surface area contributed by atoms with Gasteiger partial charge in [0.15, 0.2) is 11.5 Å². The molecule has 0 spiro atoms. The zero-order valence-electron chi connectivity index (χ0n) is 22.4. The van der Waals surface area contributed by atoms with Crippen molar-refractivity contribution in [3.63, 3.8) is 0 Å². The Morgan fingerprint density at radius 1 is 1.14 bits per heavy atom. The average molecular weight is 615 g/mol. The van der Waals surface area contributed by atoms with Crippen molar-refractivity contribution in [3.05, 3.63) is 69.9 Å². The van der Waals surface area contributed by atoms with E-state index in [1.807, 2.05) is 0 Å². The fraction of sp³-hybridized carbons (Fsp3) is 0.250. The number of hydrogen-bond acceptors (Lipinski definition) is 6. The number of nitrogens with zero attached hydrogens (tertiary/aromatic N) is 4. The standard InChI is InChI=1S/C28H25ClF2N6O4S/c1-35(2)28(41)21-11-19-25(42-21)24(26(32)39)34-37(19)13-22(38)36-12-14(30)10-20(36)27(40)33-18-9-5-7-16(23(18)31)15-6-3-4-8-17(15)29/h3-9,11,14,20H,10,12-13H2,1-2H3,(H2,32,39)(H,33,40)/t14-,20+/m1/s1. The smallest absolute Gasteiger partial charge is 0.270 e. The monoisotopic (exact) mass is 614 g/mol. The van der Waals surface area contributed by atoms with Gasteiger partial charge < -0.3 is 20.9 Å². The summed E-state index contributed by atoms with van der Waals surface area (Å²) < 4.78 is 31.5. The van der Waals surface area contributed by atoms with E-state index < -0.39 is 42.3 Å². The number of fused-ring (bicyclic) bond motifs is 1. The lowest BCUT2D eigenvalue weighted by Crippen LogP contribution is -2.44. The SMILES string of the molecule is CN(C)C(=O)c1cc2c(s1)c(C(N)=O)nn2CC(=O)N1C[C@H](F)C[C@H]1C(=O)Nc1cccc(-c2ccccc2Cl)c1F. The molecule has 2 atom stereocenters. The highest BCUT2D eigenvalue weighted by molar-refractivity contribution is 7.21. The van der Waals surface area contributed by atoms with Crippen molar-refractivity contribution >= 4 is 62.5 Å². The van der Waals surface area contributed by atoms with Gasteiger partial charge in [-0.1, -0.05) is 41.9 Å². The lowest BCUT2D eigenvalue weighted by molar-refractivity contribution is -0.137. The number of nitrogens with one attached hydrogen (secondary N) is 1. The van der Waals surface area contributed by atoms with Crippen LogP contribution in [0, 0.1) is 5.82 Å². The van der Waals surface area contributed by atoms with Crippen LogP contribution in [0.2, 0.25) is 5.02 Å². The van der Waals surface area contributed by atoms with E-state index in [1.54, 1.807) is 44.4 Å². The maximum Gasteiger partial charge on any atom is 0.270 e. The van der Waals surface area contributed by atoms with Crippen molar-refractivity contribution in [2.45, 2.75) is 25.2 Å². The lowest BCUT2D eigenvalue weighted by atomic mass is 10.0. The Kier molecular flexibility index (Phi) is 7.97. The number of aromatic nitrogens is 2. The molecule has 0 saturated carbocycles. The number of hydrogen-bond donors (Lipinski definition) is 2. The van der Waals surface area contributed by atoms with Gasteiger partial charge in [0, 0.05) is 36.7 Å². The van der Waals surface area contributed by atoms with Gasteiger partial charge in [-0.15, -0.1) is 11.3 Å². The number of anilines is 1. The van der Waals surface area contributed by atoms with Gasteiger partial charge in [0.05, 0.1) is 27.3 Å². The van der Waals surface area contributed by atoms with E-state index in [1.165, 1.54) is 27.8 Å². The van der Waals surface area contributed by atoms with Gasteiger partial charge in [-0.3, -0.25) is 23.9 Å².